The van der Waals surface area contributed by atoms with Gasteiger partial charge in [0.15, 0.2) is 0 Å². The highest BCUT2D eigenvalue weighted by Crippen LogP contribution is 2.42. The lowest BCUT2D eigenvalue weighted by Gasteiger charge is -2.25. The van der Waals surface area contributed by atoms with Crippen molar-refractivity contribution in [1.29, 1.82) is 0 Å². The Labute approximate surface area is 144 Å². The van der Waals surface area contributed by atoms with Crippen LogP contribution in [0.5, 0.6) is 0 Å². The number of aliphatic carboxylic acids is 1. The molecule has 1 heterocycles. The molecule has 1 aromatic rings. The highest BCUT2D eigenvalue weighted by molar-refractivity contribution is 6.10. The van der Waals surface area contributed by atoms with Crippen LogP contribution in [0.4, 0.5) is 0 Å². The van der Waals surface area contributed by atoms with E-state index in [4.69, 9.17) is 9.47 Å². The Bertz CT molecular complexity index is 693. The lowest BCUT2D eigenvalue weighted by molar-refractivity contribution is -0.168. The van der Waals surface area contributed by atoms with E-state index < -0.39 is 29.3 Å². The predicted octanol–water partition coefficient (Wildman–Crippen LogP) is 2.46. The van der Waals surface area contributed by atoms with E-state index in [1.807, 2.05) is 6.92 Å². The van der Waals surface area contributed by atoms with Crippen molar-refractivity contribution < 1.29 is 34.1 Å². The van der Waals surface area contributed by atoms with Crippen molar-refractivity contribution in [1.82, 2.24) is 0 Å². The minimum atomic E-state index is -2.12. The number of rotatable bonds is 8. The summed E-state index contributed by atoms with van der Waals surface area (Å²) >= 11 is 0. The normalized spacial score (nSPS) is 19.6. The van der Waals surface area contributed by atoms with Gasteiger partial charge in [-0.3, -0.25) is 4.79 Å². The molecule has 2 N–H and O–H groups in total. The summed E-state index contributed by atoms with van der Waals surface area (Å²) in [5.74, 6) is -3.91. The molecule has 7 heteroatoms. The molecule has 0 unspecified atom stereocenters. The summed E-state index contributed by atoms with van der Waals surface area (Å²) < 4.78 is 10.0. The van der Waals surface area contributed by atoms with Crippen LogP contribution in [-0.4, -0.2) is 40.3 Å². The van der Waals surface area contributed by atoms with Gasteiger partial charge in [0.2, 0.25) is 11.4 Å². The second-order valence-corrected chi connectivity index (χ2v) is 5.69. The number of aliphatic hydroxyl groups is 1. The fraction of sp³-hybridized carbons (Fsp3) is 0.389. The zero-order chi connectivity index (χ0) is 18.4. The average molecular weight is 348 g/mol. The second kappa shape index (κ2) is 7.83. The van der Waals surface area contributed by atoms with E-state index in [0.717, 1.165) is 6.42 Å². The first-order valence-corrected chi connectivity index (χ1v) is 8.04. The van der Waals surface area contributed by atoms with Crippen LogP contribution in [0, 0.1) is 0 Å². The Hall–Kier alpha value is -2.83. The van der Waals surface area contributed by atoms with Crippen molar-refractivity contribution in [2.75, 3.05) is 6.61 Å². The summed E-state index contributed by atoms with van der Waals surface area (Å²) in [6.45, 7) is 2.20. The summed E-state index contributed by atoms with van der Waals surface area (Å²) in [5, 5.41) is 19.7. The molecular weight excluding hydrogens is 328 g/mol. The van der Waals surface area contributed by atoms with Crippen LogP contribution >= 0.6 is 0 Å². The molecule has 2 rings (SSSR count). The lowest BCUT2D eigenvalue weighted by Crippen LogP contribution is -2.41. The Balaban J connectivity index is 2.27. The minimum Gasteiger partial charge on any atom is -0.502 e. The predicted molar refractivity (Wildman–Crippen MR) is 87.6 cm³/mol. The number of hydrogen-bond donors (Lipinski definition) is 2. The third-order valence-corrected chi connectivity index (χ3v) is 3.95. The first kappa shape index (κ1) is 18.5. The molecule has 1 aliphatic rings. The summed E-state index contributed by atoms with van der Waals surface area (Å²) in [7, 11) is 0. The smallest absolute Gasteiger partial charge is 0.375 e. The Kier molecular flexibility index (Phi) is 5.80. The van der Waals surface area contributed by atoms with E-state index in [9.17, 15) is 24.6 Å². The van der Waals surface area contributed by atoms with Gasteiger partial charge in [-0.05, 0) is 12.0 Å². The number of ether oxygens (including phenoxy) is 2. The number of carbonyl (C=O) groups is 3. The standard InChI is InChI=1S/C18H20O7/c1-2-3-11-24-13(19)9-10-18(17(22)23)14(15(20)16(21)25-18)12-7-5-4-6-8-12/h4-8,20H,2-3,9-11H2,1H3,(H,22,23)/t18-/m1/s1. The fourth-order valence-corrected chi connectivity index (χ4v) is 2.64. The van der Waals surface area contributed by atoms with Gasteiger partial charge in [0.25, 0.3) is 0 Å². The van der Waals surface area contributed by atoms with Gasteiger partial charge in [-0.25, -0.2) is 9.59 Å². The van der Waals surface area contributed by atoms with E-state index >= 15 is 0 Å². The van der Waals surface area contributed by atoms with Gasteiger partial charge in [-0.15, -0.1) is 0 Å². The molecule has 0 spiro atoms. The van der Waals surface area contributed by atoms with Crippen molar-refractivity contribution in [2.24, 2.45) is 0 Å². The Morgan fingerprint density at radius 2 is 1.92 bits per heavy atom. The van der Waals surface area contributed by atoms with Crippen LogP contribution in [0.3, 0.4) is 0 Å². The van der Waals surface area contributed by atoms with Crippen LogP contribution in [0.15, 0.2) is 36.1 Å². The summed E-state index contributed by atoms with van der Waals surface area (Å²) in [6, 6.07) is 8.12. The second-order valence-electron chi connectivity index (χ2n) is 5.69. The van der Waals surface area contributed by atoms with Crippen molar-refractivity contribution >= 4 is 23.5 Å². The number of benzene rings is 1. The number of aliphatic hydroxyl groups excluding tert-OH is 1. The maximum atomic E-state index is 11.9. The molecule has 25 heavy (non-hydrogen) atoms. The molecule has 1 atom stereocenters. The number of esters is 2. The van der Waals surface area contributed by atoms with E-state index in [-0.39, 0.29) is 25.0 Å². The average Bonchev–Trinajstić information content (AvgIpc) is 2.86. The van der Waals surface area contributed by atoms with Gasteiger partial charge in [-0.1, -0.05) is 43.7 Å². The fourth-order valence-electron chi connectivity index (χ4n) is 2.64. The number of unbranched alkanes of at least 4 members (excludes halogenated alkanes) is 1. The van der Waals surface area contributed by atoms with Gasteiger partial charge in [-0.2, -0.15) is 0 Å². The molecule has 0 saturated heterocycles. The lowest BCUT2D eigenvalue weighted by atomic mass is 9.84. The largest absolute Gasteiger partial charge is 0.502 e. The summed E-state index contributed by atoms with van der Waals surface area (Å²) in [5.41, 5.74) is -1.92. The topological polar surface area (TPSA) is 110 Å². The Morgan fingerprint density at radius 1 is 1.24 bits per heavy atom. The molecule has 0 amide bonds. The first-order chi connectivity index (χ1) is 11.9. The molecule has 134 valence electrons. The molecule has 0 aliphatic carbocycles. The highest BCUT2D eigenvalue weighted by atomic mass is 16.6. The number of cyclic esters (lactones) is 1. The van der Waals surface area contributed by atoms with E-state index in [1.165, 1.54) is 0 Å². The molecule has 0 aromatic heterocycles. The van der Waals surface area contributed by atoms with E-state index in [0.29, 0.717) is 12.0 Å². The molecule has 7 nitrogen and oxygen atoms in total. The quantitative estimate of drug-likeness (QED) is 0.548. The number of carbonyl (C=O) groups excluding carboxylic acids is 2. The molecule has 1 aromatic carbocycles. The number of carboxylic acid groups (broad SMARTS) is 1. The molecule has 0 saturated carbocycles. The third kappa shape index (κ3) is 3.81. The zero-order valence-electron chi connectivity index (χ0n) is 13.9. The summed E-state index contributed by atoms with van der Waals surface area (Å²) in [4.78, 5) is 35.5. The molecular formula is C18H20O7. The van der Waals surface area contributed by atoms with Gasteiger partial charge < -0.3 is 19.7 Å². The zero-order valence-corrected chi connectivity index (χ0v) is 13.9. The van der Waals surface area contributed by atoms with Crippen LogP contribution < -0.4 is 0 Å². The van der Waals surface area contributed by atoms with Crippen LogP contribution in [0.1, 0.15) is 38.2 Å². The minimum absolute atomic E-state index is 0.146. The third-order valence-electron chi connectivity index (χ3n) is 3.95. The van der Waals surface area contributed by atoms with Crippen LogP contribution in [0.25, 0.3) is 5.57 Å². The summed E-state index contributed by atoms with van der Waals surface area (Å²) in [6.07, 6.45) is 0.986. The maximum Gasteiger partial charge on any atom is 0.375 e. The van der Waals surface area contributed by atoms with Gasteiger partial charge in [0.05, 0.1) is 18.6 Å². The van der Waals surface area contributed by atoms with Gasteiger partial charge in [0, 0.05) is 6.42 Å². The maximum absolute atomic E-state index is 11.9. The monoisotopic (exact) mass is 348 g/mol. The van der Waals surface area contributed by atoms with Gasteiger partial charge >= 0.3 is 17.9 Å². The van der Waals surface area contributed by atoms with Crippen molar-refractivity contribution in [3.05, 3.63) is 41.7 Å². The van der Waals surface area contributed by atoms with E-state index in [1.54, 1.807) is 30.3 Å². The number of hydrogen-bond acceptors (Lipinski definition) is 6. The SMILES string of the molecule is CCCCOC(=O)CC[C@@]1(C(=O)O)OC(=O)C(O)=C1c1ccccc1. The highest BCUT2D eigenvalue weighted by Gasteiger charge is 2.54. The number of carboxylic acids is 1. The Morgan fingerprint density at radius 3 is 2.52 bits per heavy atom. The van der Waals surface area contributed by atoms with Crippen LogP contribution in [-0.2, 0) is 23.9 Å². The molecule has 0 radical (unpaired) electrons. The van der Waals surface area contributed by atoms with Gasteiger partial charge in [0.1, 0.15) is 0 Å². The first-order valence-electron chi connectivity index (χ1n) is 8.04. The molecule has 0 bridgehead atoms. The molecule has 0 fully saturated rings. The van der Waals surface area contributed by atoms with Crippen molar-refractivity contribution in [2.45, 2.75) is 38.2 Å². The van der Waals surface area contributed by atoms with E-state index in [2.05, 4.69) is 0 Å². The van der Waals surface area contributed by atoms with Crippen LogP contribution in [0.2, 0.25) is 0 Å². The molecule has 1 aliphatic heterocycles. The van der Waals surface area contributed by atoms with Crippen molar-refractivity contribution in [3.63, 3.8) is 0 Å². The van der Waals surface area contributed by atoms with Crippen molar-refractivity contribution in [3.8, 4) is 0 Å².